The van der Waals surface area contributed by atoms with Crippen LogP contribution in [-0.4, -0.2) is 16.9 Å². The molecule has 0 aliphatic carbocycles. The minimum Gasteiger partial charge on any atom is -0.428 e. The molecule has 0 fully saturated rings. The van der Waals surface area contributed by atoms with Crippen molar-refractivity contribution in [2.75, 3.05) is 0 Å². The molecule has 0 saturated heterocycles. The van der Waals surface area contributed by atoms with Crippen LogP contribution < -0.4 is 4.74 Å². The average molecular weight is 241 g/mol. The van der Waals surface area contributed by atoms with Crippen molar-refractivity contribution in [1.29, 1.82) is 0 Å². The molecule has 0 atom stereocenters. The molecule has 3 rings (SSSR count). The van der Waals surface area contributed by atoms with Crippen LogP contribution in [0.3, 0.4) is 0 Å². The second-order valence-corrected chi connectivity index (χ2v) is 3.72. The van der Waals surface area contributed by atoms with Crippen molar-refractivity contribution in [3.63, 3.8) is 0 Å². The normalized spacial score (nSPS) is 10.0. The largest absolute Gasteiger partial charge is 0.428 e. The van der Waals surface area contributed by atoms with Gasteiger partial charge in [0.25, 0.3) is 6.47 Å². The summed E-state index contributed by atoms with van der Waals surface area (Å²) in [4.78, 5) is 15.0. The van der Waals surface area contributed by atoms with Crippen LogP contribution >= 0.6 is 0 Å². The van der Waals surface area contributed by atoms with Crippen LogP contribution in [0.15, 0.2) is 48.5 Å². The smallest absolute Gasteiger partial charge is 0.298 e. The summed E-state index contributed by atoms with van der Waals surface area (Å²) in [5.74, 6) is 0.538. The summed E-state index contributed by atoms with van der Waals surface area (Å²) in [5.41, 5.74) is 1.76. The number of pyridine rings is 1. The first-order chi connectivity index (χ1) is 8.38. The minimum atomic E-state index is 0. The molecule has 2 N–H and O–H groups in total. The summed E-state index contributed by atoms with van der Waals surface area (Å²) in [7, 11) is 0. The number of fused-ring (bicyclic) bond motifs is 2. The number of carbonyl (C=O) groups excluding carboxylic acids is 1. The van der Waals surface area contributed by atoms with Gasteiger partial charge in [-0.2, -0.15) is 0 Å². The predicted octanol–water partition coefficient (Wildman–Crippen LogP) is 2.10. The Bertz CT molecular complexity index is 710. The van der Waals surface area contributed by atoms with Gasteiger partial charge in [-0.15, -0.1) is 0 Å². The van der Waals surface area contributed by atoms with Crippen LogP contribution in [0.25, 0.3) is 21.8 Å². The molecule has 18 heavy (non-hydrogen) atoms. The Labute approximate surface area is 103 Å². The highest BCUT2D eigenvalue weighted by atomic mass is 16.5. The van der Waals surface area contributed by atoms with Gasteiger partial charge in [-0.05, 0) is 24.3 Å². The SMILES string of the molecule is O.O=COc1cccc2nc3ccccc3cc12. The minimum absolute atomic E-state index is 0. The molecule has 1 aromatic heterocycles. The Morgan fingerprint density at radius 2 is 1.78 bits per heavy atom. The second-order valence-electron chi connectivity index (χ2n) is 3.72. The highest BCUT2D eigenvalue weighted by Crippen LogP contribution is 2.27. The van der Waals surface area contributed by atoms with E-state index in [9.17, 15) is 4.79 Å². The Hall–Kier alpha value is -2.46. The van der Waals surface area contributed by atoms with E-state index in [1.54, 1.807) is 6.07 Å². The molecule has 0 radical (unpaired) electrons. The first-order valence-electron chi connectivity index (χ1n) is 5.27. The van der Waals surface area contributed by atoms with E-state index >= 15 is 0 Å². The van der Waals surface area contributed by atoms with Crippen molar-refractivity contribution in [1.82, 2.24) is 4.98 Å². The summed E-state index contributed by atoms with van der Waals surface area (Å²) in [6.07, 6.45) is 0. The van der Waals surface area contributed by atoms with Crippen LogP contribution in [0, 0.1) is 0 Å². The molecule has 3 aromatic rings. The number of carbonyl (C=O) groups is 1. The summed E-state index contributed by atoms with van der Waals surface area (Å²) in [6, 6.07) is 15.3. The molecule has 0 saturated carbocycles. The molecule has 4 heteroatoms. The molecule has 1 heterocycles. The lowest BCUT2D eigenvalue weighted by Crippen LogP contribution is -1.91. The lowest BCUT2D eigenvalue weighted by atomic mass is 10.1. The number of aromatic nitrogens is 1. The zero-order chi connectivity index (χ0) is 11.7. The van der Waals surface area contributed by atoms with Gasteiger partial charge in [0.15, 0.2) is 0 Å². The van der Waals surface area contributed by atoms with Gasteiger partial charge in [-0.1, -0.05) is 24.3 Å². The summed E-state index contributed by atoms with van der Waals surface area (Å²) >= 11 is 0. The molecule has 2 aromatic carbocycles. The first kappa shape index (κ1) is 12.0. The van der Waals surface area contributed by atoms with Crippen LogP contribution in [0.1, 0.15) is 0 Å². The van der Waals surface area contributed by atoms with Gasteiger partial charge in [0, 0.05) is 10.8 Å². The molecule has 0 aliphatic heterocycles. The van der Waals surface area contributed by atoms with E-state index in [-0.39, 0.29) is 5.48 Å². The van der Waals surface area contributed by atoms with E-state index in [1.165, 1.54) is 0 Å². The number of hydrogen-bond acceptors (Lipinski definition) is 3. The fourth-order valence-electron chi connectivity index (χ4n) is 1.93. The fourth-order valence-corrected chi connectivity index (χ4v) is 1.93. The van der Waals surface area contributed by atoms with E-state index in [0.717, 1.165) is 21.8 Å². The quantitative estimate of drug-likeness (QED) is 0.509. The molecular weight excluding hydrogens is 230 g/mol. The lowest BCUT2D eigenvalue weighted by molar-refractivity contribution is -0.120. The highest BCUT2D eigenvalue weighted by Gasteiger charge is 2.04. The Kier molecular flexibility index (Phi) is 3.21. The molecular formula is C14H11NO3. The fraction of sp³-hybridized carbons (Fsp3) is 0. The second kappa shape index (κ2) is 4.81. The van der Waals surface area contributed by atoms with E-state index in [0.29, 0.717) is 12.2 Å². The number of para-hydroxylation sites is 1. The van der Waals surface area contributed by atoms with Gasteiger partial charge < -0.3 is 10.2 Å². The maximum atomic E-state index is 10.4. The van der Waals surface area contributed by atoms with Gasteiger partial charge in [-0.25, -0.2) is 4.98 Å². The lowest BCUT2D eigenvalue weighted by Gasteiger charge is -2.05. The van der Waals surface area contributed by atoms with Crippen molar-refractivity contribution >= 4 is 28.3 Å². The standard InChI is InChI=1S/C14H9NO2.H2O/c16-9-17-14-7-3-6-13-11(14)8-10-4-1-2-5-12(10)15-13;/h1-9H;1H2. The van der Waals surface area contributed by atoms with E-state index in [4.69, 9.17) is 4.74 Å². The van der Waals surface area contributed by atoms with E-state index < -0.39 is 0 Å². The van der Waals surface area contributed by atoms with Crippen LogP contribution in [0.4, 0.5) is 0 Å². The van der Waals surface area contributed by atoms with Gasteiger partial charge in [0.05, 0.1) is 11.0 Å². The zero-order valence-electron chi connectivity index (χ0n) is 9.46. The van der Waals surface area contributed by atoms with Crippen molar-refractivity contribution in [2.24, 2.45) is 0 Å². The third-order valence-corrected chi connectivity index (χ3v) is 2.70. The maximum Gasteiger partial charge on any atom is 0.298 e. The topological polar surface area (TPSA) is 70.7 Å². The third-order valence-electron chi connectivity index (χ3n) is 2.70. The number of ether oxygens (including phenoxy) is 1. The van der Waals surface area contributed by atoms with E-state index in [1.807, 2.05) is 42.5 Å². The number of hydrogen-bond donors (Lipinski definition) is 0. The summed E-state index contributed by atoms with van der Waals surface area (Å²) < 4.78 is 4.95. The third kappa shape index (κ3) is 1.89. The molecule has 0 aliphatic rings. The molecule has 0 unspecified atom stereocenters. The molecule has 0 amide bonds. The van der Waals surface area contributed by atoms with Crippen LogP contribution in [-0.2, 0) is 4.79 Å². The van der Waals surface area contributed by atoms with Gasteiger partial charge in [-0.3, -0.25) is 4.79 Å². The van der Waals surface area contributed by atoms with Gasteiger partial charge in [0.2, 0.25) is 0 Å². The predicted molar refractivity (Wildman–Crippen MR) is 69.6 cm³/mol. The first-order valence-corrected chi connectivity index (χ1v) is 5.27. The maximum absolute atomic E-state index is 10.4. The zero-order valence-corrected chi connectivity index (χ0v) is 9.46. The molecule has 4 nitrogen and oxygen atoms in total. The Balaban J connectivity index is 0.00000120. The highest BCUT2D eigenvalue weighted by molar-refractivity contribution is 5.96. The summed E-state index contributed by atoms with van der Waals surface area (Å²) in [6.45, 7) is 0.434. The van der Waals surface area contributed by atoms with Crippen molar-refractivity contribution in [2.45, 2.75) is 0 Å². The van der Waals surface area contributed by atoms with Crippen molar-refractivity contribution in [3.8, 4) is 5.75 Å². The van der Waals surface area contributed by atoms with Crippen LogP contribution in [0.2, 0.25) is 0 Å². The average Bonchev–Trinajstić information content (AvgIpc) is 2.37. The van der Waals surface area contributed by atoms with Crippen molar-refractivity contribution in [3.05, 3.63) is 48.5 Å². The molecule has 0 spiro atoms. The number of nitrogens with zero attached hydrogens (tertiary/aromatic N) is 1. The number of rotatable bonds is 2. The van der Waals surface area contributed by atoms with Gasteiger partial charge >= 0.3 is 0 Å². The summed E-state index contributed by atoms with van der Waals surface area (Å²) in [5, 5.41) is 1.88. The Morgan fingerprint density at radius 3 is 2.61 bits per heavy atom. The molecule has 0 bridgehead atoms. The molecule has 90 valence electrons. The monoisotopic (exact) mass is 241 g/mol. The van der Waals surface area contributed by atoms with Crippen molar-refractivity contribution < 1.29 is 15.0 Å². The Morgan fingerprint density at radius 1 is 1.00 bits per heavy atom. The number of benzene rings is 2. The van der Waals surface area contributed by atoms with E-state index in [2.05, 4.69) is 4.98 Å². The van der Waals surface area contributed by atoms with Crippen LogP contribution in [0.5, 0.6) is 5.75 Å². The van der Waals surface area contributed by atoms with Gasteiger partial charge in [0.1, 0.15) is 5.75 Å².